The van der Waals surface area contributed by atoms with Crippen LogP contribution in [0.3, 0.4) is 0 Å². The standard InChI is InChI=1S/C22H29NO6/c1-23(12-11-15-7-9-17(25-2)19(13-15)27-4)20(24)14-16-8-10-18(26-3)22(29-6)21(16)28-5/h7-10,13H,11-12,14H2,1-6H3. The third-order valence-electron chi connectivity index (χ3n) is 4.74. The fourth-order valence-corrected chi connectivity index (χ4v) is 3.06. The van der Waals surface area contributed by atoms with Crippen molar-refractivity contribution >= 4 is 5.91 Å². The maximum absolute atomic E-state index is 12.7. The third kappa shape index (κ3) is 5.25. The summed E-state index contributed by atoms with van der Waals surface area (Å²) in [6.07, 6.45) is 0.900. The van der Waals surface area contributed by atoms with Crippen molar-refractivity contribution in [2.45, 2.75) is 12.8 Å². The zero-order valence-electron chi connectivity index (χ0n) is 17.9. The Hall–Kier alpha value is -3.09. The van der Waals surface area contributed by atoms with E-state index in [1.165, 1.54) is 0 Å². The van der Waals surface area contributed by atoms with E-state index in [0.29, 0.717) is 41.7 Å². The van der Waals surface area contributed by atoms with Crippen LogP contribution in [0, 0.1) is 0 Å². The van der Waals surface area contributed by atoms with Crippen molar-refractivity contribution in [1.82, 2.24) is 4.90 Å². The van der Waals surface area contributed by atoms with Crippen LogP contribution in [-0.2, 0) is 17.6 Å². The Kier molecular flexibility index (Phi) is 8.00. The van der Waals surface area contributed by atoms with Gasteiger partial charge in [-0.1, -0.05) is 12.1 Å². The molecule has 0 unspecified atom stereocenters. The highest BCUT2D eigenvalue weighted by molar-refractivity contribution is 5.80. The first-order valence-electron chi connectivity index (χ1n) is 9.21. The molecule has 0 aliphatic rings. The molecule has 0 aromatic heterocycles. The molecule has 0 heterocycles. The van der Waals surface area contributed by atoms with Crippen LogP contribution in [0.4, 0.5) is 0 Å². The molecule has 29 heavy (non-hydrogen) atoms. The summed E-state index contributed by atoms with van der Waals surface area (Å²) in [6.45, 7) is 0.573. The fraction of sp³-hybridized carbons (Fsp3) is 0.409. The van der Waals surface area contributed by atoms with Crippen LogP contribution in [0.1, 0.15) is 11.1 Å². The number of rotatable bonds is 10. The van der Waals surface area contributed by atoms with E-state index in [-0.39, 0.29) is 12.3 Å². The van der Waals surface area contributed by atoms with Gasteiger partial charge in [-0.05, 0) is 30.2 Å². The van der Waals surface area contributed by atoms with Crippen LogP contribution < -0.4 is 23.7 Å². The van der Waals surface area contributed by atoms with Crippen molar-refractivity contribution in [2.75, 3.05) is 49.1 Å². The zero-order chi connectivity index (χ0) is 21.4. The molecule has 0 spiro atoms. The van der Waals surface area contributed by atoms with E-state index in [2.05, 4.69) is 0 Å². The number of hydrogen-bond acceptors (Lipinski definition) is 6. The molecule has 0 saturated carbocycles. The van der Waals surface area contributed by atoms with Crippen LogP contribution in [0.25, 0.3) is 0 Å². The van der Waals surface area contributed by atoms with Gasteiger partial charge < -0.3 is 28.6 Å². The van der Waals surface area contributed by atoms with Gasteiger partial charge >= 0.3 is 0 Å². The first-order chi connectivity index (χ1) is 14.0. The SMILES string of the molecule is COc1ccc(CCN(C)C(=O)Cc2ccc(OC)c(OC)c2OC)cc1OC. The summed E-state index contributed by atoms with van der Waals surface area (Å²) in [5.41, 5.74) is 1.80. The highest BCUT2D eigenvalue weighted by atomic mass is 16.5. The molecule has 0 saturated heterocycles. The smallest absolute Gasteiger partial charge is 0.226 e. The Bertz CT molecular complexity index is 836. The first kappa shape index (κ1) is 22.2. The summed E-state index contributed by atoms with van der Waals surface area (Å²) in [6, 6.07) is 9.35. The number of amides is 1. The molecule has 0 aliphatic carbocycles. The Balaban J connectivity index is 2.06. The molecule has 0 atom stereocenters. The fourth-order valence-electron chi connectivity index (χ4n) is 3.06. The molecule has 7 nitrogen and oxygen atoms in total. The first-order valence-corrected chi connectivity index (χ1v) is 9.21. The summed E-state index contributed by atoms with van der Waals surface area (Å²) in [4.78, 5) is 14.4. The average molecular weight is 403 g/mol. The lowest BCUT2D eigenvalue weighted by Crippen LogP contribution is -2.30. The number of likely N-dealkylation sites (N-methyl/N-ethyl adjacent to an activating group) is 1. The summed E-state index contributed by atoms with van der Waals surface area (Å²) in [5, 5.41) is 0. The van der Waals surface area contributed by atoms with Gasteiger partial charge in [0.25, 0.3) is 0 Å². The van der Waals surface area contributed by atoms with Gasteiger partial charge in [0, 0.05) is 19.2 Å². The van der Waals surface area contributed by atoms with Crippen LogP contribution in [0.5, 0.6) is 28.7 Å². The monoisotopic (exact) mass is 403 g/mol. The van der Waals surface area contributed by atoms with E-state index in [4.69, 9.17) is 23.7 Å². The summed E-state index contributed by atoms with van der Waals surface area (Å²) < 4.78 is 26.7. The zero-order valence-corrected chi connectivity index (χ0v) is 17.9. The van der Waals surface area contributed by atoms with E-state index < -0.39 is 0 Å². The second-order valence-corrected chi connectivity index (χ2v) is 6.42. The molecular formula is C22H29NO6. The molecular weight excluding hydrogens is 374 g/mol. The van der Waals surface area contributed by atoms with Gasteiger partial charge in [-0.2, -0.15) is 0 Å². The predicted octanol–water partition coefficient (Wildman–Crippen LogP) is 2.97. The number of carbonyl (C=O) groups is 1. The van der Waals surface area contributed by atoms with Crippen molar-refractivity contribution in [2.24, 2.45) is 0 Å². The number of benzene rings is 2. The van der Waals surface area contributed by atoms with Gasteiger partial charge in [-0.3, -0.25) is 4.79 Å². The Labute approximate surface area is 172 Å². The molecule has 2 aromatic carbocycles. The number of hydrogen-bond donors (Lipinski definition) is 0. The highest BCUT2D eigenvalue weighted by Crippen LogP contribution is 2.40. The van der Waals surface area contributed by atoms with Crippen molar-refractivity contribution in [1.29, 1.82) is 0 Å². The van der Waals surface area contributed by atoms with E-state index in [0.717, 1.165) is 11.1 Å². The summed E-state index contributed by atoms with van der Waals surface area (Å²) in [5.74, 6) is 2.88. The normalized spacial score (nSPS) is 10.3. The van der Waals surface area contributed by atoms with E-state index in [9.17, 15) is 4.79 Å². The summed E-state index contributed by atoms with van der Waals surface area (Å²) in [7, 11) is 9.65. The van der Waals surface area contributed by atoms with Crippen LogP contribution in [0.2, 0.25) is 0 Å². The molecule has 2 aromatic rings. The summed E-state index contributed by atoms with van der Waals surface area (Å²) >= 11 is 0. The topological polar surface area (TPSA) is 66.5 Å². The molecule has 158 valence electrons. The lowest BCUT2D eigenvalue weighted by molar-refractivity contribution is -0.129. The lowest BCUT2D eigenvalue weighted by atomic mass is 10.1. The Morgan fingerprint density at radius 2 is 1.41 bits per heavy atom. The van der Waals surface area contributed by atoms with Gasteiger partial charge in [0.1, 0.15) is 0 Å². The maximum Gasteiger partial charge on any atom is 0.226 e. The molecule has 1 amide bonds. The molecule has 0 fully saturated rings. The Morgan fingerprint density at radius 3 is 2.00 bits per heavy atom. The van der Waals surface area contributed by atoms with Gasteiger partial charge in [0.05, 0.1) is 42.0 Å². The quantitative estimate of drug-likeness (QED) is 0.608. The second-order valence-electron chi connectivity index (χ2n) is 6.42. The van der Waals surface area contributed by atoms with E-state index >= 15 is 0 Å². The van der Waals surface area contributed by atoms with E-state index in [1.54, 1.807) is 53.6 Å². The van der Waals surface area contributed by atoms with Crippen molar-refractivity contribution in [3.8, 4) is 28.7 Å². The van der Waals surface area contributed by atoms with Crippen LogP contribution >= 0.6 is 0 Å². The van der Waals surface area contributed by atoms with Gasteiger partial charge in [-0.25, -0.2) is 0 Å². The maximum atomic E-state index is 12.7. The molecule has 0 N–H and O–H groups in total. The van der Waals surface area contributed by atoms with Gasteiger partial charge in [0.2, 0.25) is 11.7 Å². The minimum atomic E-state index is -0.0176. The molecule has 2 rings (SSSR count). The Morgan fingerprint density at radius 1 is 0.793 bits per heavy atom. The number of nitrogens with zero attached hydrogens (tertiary/aromatic N) is 1. The van der Waals surface area contributed by atoms with E-state index in [1.807, 2.05) is 24.3 Å². The number of methoxy groups -OCH3 is 5. The van der Waals surface area contributed by atoms with Crippen LogP contribution in [-0.4, -0.2) is 59.9 Å². The largest absolute Gasteiger partial charge is 0.493 e. The number of ether oxygens (including phenoxy) is 5. The second kappa shape index (κ2) is 10.5. The predicted molar refractivity (Wildman–Crippen MR) is 111 cm³/mol. The third-order valence-corrected chi connectivity index (χ3v) is 4.74. The van der Waals surface area contributed by atoms with Gasteiger partial charge in [-0.15, -0.1) is 0 Å². The highest BCUT2D eigenvalue weighted by Gasteiger charge is 2.19. The van der Waals surface area contributed by atoms with Crippen molar-refractivity contribution in [3.63, 3.8) is 0 Å². The molecule has 0 aliphatic heterocycles. The van der Waals surface area contributed by atoms with Crippen LogP contribution in [0.15, 0.2) is 30.3 Å². The van der Waals surface area contributed by atoms with Crippen molar-refractivity contribution in [3.05, 3.63) is 41.5 Å². The number of carbonyl (C=O) groups excluding carboxylic acids is 1. The van der Waals surface area contributed by atoms with Gasteiger partial charge in [0.15, 0.2) is 23.0 Å². The average Bonchev–Trinajstić information content (AvgIpc) is 2.76. The van der Waals surface area contributed by atoms with Crippen molar-refractivity contribution < 1.29 is 28.5 Å². The lowest BCUT2D eigenvalue weighted by Gasteiger charge is -2.20. The molecule has 7 heteroatoms. The minimum Gasteiger partial charge on any atom is -0.493 e. The molecule has 0 radical (unpaired) electrons. The molecule has 0 bridgehead atoms. The minimum absolute atomic E-state index is 0.0176.